The van der Waals surface area contributed by atoms with Gasteiger partial charge in [-0.15, -0.1) is 0 Å². The maximum atomic E-state index is 8.57. The minimum absolute atomic E-state index is 0.302. The smallest absolute Gasteiger partial charge is 0.122 e. The molecule has 0 aliphatic heterocycles. The molecule has 0 amide bonds. The molecule has 4 aliphatic carbocycles. The summed E-state index contributed by atoms with van der Waals surface area (Å²) in [5.41, 5.74) is 3.38. The van der Waals surface area contributed by atoms with Crippen LogP contribution in [0.25, 0.3) is 0 Å². The van der Waals surface area contributed by atoms with Crippen LogP contribution in [0.1, 0.15) is 25.0 Å². The van der Waals surface area contributed by atoms with E-state index in [2.05, 4.69) is 0 Å². The van der Waals surface area contributed by atoms with Crippen LogP contribution in [0.3, 0.4) is 0 Å². The number of ether oxygens (including phenoxy) is 4. The average molecular weight is 330 g/mol. The summed E-state index contributed by atoms with van der Waals surface area (Å²) < 4.78 is 39.3. The SMILES string of the molecule is [2H]c1c2c(OC)c([2H])c(c1OC)CCc1cc(OC)c(cc1OC)CC2. The summed E-state index contributed by atoms with van der Waals surface area (Å²) in [7, 11) is 6.43. The van der Waals surface area contributed by atoms with Crippen molar-refractivity contribution in [1.82, 2.24) is 0 Å². The summed E-state index contributed by atoms with van der Waals surface area (Å²) in [6, 6.07) is 4.63. The van der Waals surface area contributed by atoms with Crippen LogP contribution in [0.15, 0.2) is 24.2 Å². The van der Waals surface area contributed by atoms with Crippen molar-refractivity contribution in [2.24, 2.45) is 0 Å². The van der Waals surface area contributed by atoms with E-state index in [0.29, 0.717) is 60.4 Å². The first kappa shape index (κ1) is 14.0. The van der Waals surface area contributed by atoms with E-state index in [9.17, 15) is 0 Å². The predicted octanol–water partition coefficient (Wildman–Crippen LogP) is 3.60. The van der Waals surface area contributed by atoms with Gasteiger partial charge < -0.3 is 18.9 Å². The van der Waals surface area contributed by atoms with E-state index in [1.807, 2.05) is 12.1 Å². The summed E-state index contributed by atoms with van der Waals surface area (Å²) in [5.74, 6) is 2.57. The molecule has 4 bridgehead atoms. The van der Waals surface area contributed by atoms with Crippen molar-refractivity contribution in [1.29, 1.82) is 0 Å². The summed E-state index contributed by atoms with van der Waals surface area (Å²) in [4.78, 5) is 0. The summed E-state index contributed by atoms with van der Waals surface area (Å²) in [6.45, 7) is 0. The lowest BCUT2D eigenvalue weighted by atomic mass is 9.94. The second-order valence-electron chi connectivity index (χ2n) is 5.75. The number of rotatable bonds is 4. The van der Waals surface area contributed by atoms with Crippen molar-refractivity contribution in [3.63, 3.8) is 0 Å². The quantitative estimate of drug-likeness (QED) is 0.858. The second-order valence-corrected chi connectivity index (χ2v) is 5.75. The van der Waals surface area contributed by atoms with Gasteiger partial charge in [0.1, 0.15) is 23.0 Å². The van der Waals surface area contributed by atoms with Gasteiger partial charge in [-0.3, -0.25) is 0 Å². The van der Waals surface area contributed by atoms with Crippen LogP contribution < -0.4 is 18.9 Å². The van der Waals surface area contributed by atoms with Gasteiger partial charge >= 0.3 is 0 Å². The number of methoxy groups -OCH3 is 4. The third-order valence-electron chi connectivity index (χ3n) is 4.46. The van der Waals surface area contributed by atoms with E-state index in [1.165, 1.54) is 0 Å². The lowest BCUT2D eigenvalue weighted by Crippen LogP contribution is -2.06. The molecule has 128 valence electrons. The molecule has 2 aromatic carbocycles. The first-order chi connectivity index (χ1) is 12.5. The van der Waals surface area contributed by atoms with Gasteiger partial charge in [-0.05, 0) is 72.2 Å². The third kappa shape index (κ3) is 3.01. The molecular formula is C20H24O4. The molecule has 6 rings (SSSR count). The number of hydrogen-bond acceptors (Lipinski definition) is 4. The molecular weight excluding hydrogens is 304 g/mol. The monoisotopic (exact) mass is 330 g/mol. The highest BCUT2D eigenvalue weighted by molar-refractivity contribution is 5.51. The minimum atomic E-state index is 0.302. The Balaban J connectivity index is 2.23. The van der Waals surface area contributed by atoms with E-state index in [1.54, 1.807) is 28.4 Å². The van der Waals surface area contributed by atoms with Gasteiger partial charge in [0, 0.05) is 0 Å². The van der Waals surface area contributed by atoms with Crippen LogP contribution in [0.2, 0.25) is 0 Å². The molecule has 24 heavy (non-hydrogen) atoms. The summed E-state index contributed by atoms with van der Waals surface area (Å²) >= 11 is 0. The lowest BCUT2D eigenvalue weighted by Gasteiger charge is -2.19. The van der Waals surface area contributed by atoms with Crippen molar-refractivity contribution in [3.05, 3.63) is 46.5 Å². The third-order valence-corrected chi connectivity index (χ3v) is 4.46. The molecule has 0 spiro atoms. The fraction of sp³-hybridized carbons (Fsp3) is 0.400. The fourth-order valence-corrected chi connectivity index (χ4v) is 3.17. The molecule has 0 atom stereocenters. The Hall–Kier alpha value is -2.36. The molecule has 0 aromatic heterocycles. The van der Waals surface area contributed by atoms with Crippen molar-refractivity contribution < 1.29 is 21.7 Å². The minimum Gasteiger partial charge on any atom is -0.496 e. The molecule has 4 nitrogen and oxygen atoms in total. The van der Waals surface area contributed by atoms with Gasteiger partial charge in [0.25, 0.3) is 0 Å². The van der Waals surface area contributed by atoms with Crippen LogP contribution >= 0.6 is 0 Å². The van der Waals surface area contributed by atoms with Crippen LogP contribution in [0, 0.1) is 0 Å². The van der Waals surface area contributed by atoms with Crippen molar-refractivity contribution in [2.75, 3.05) is 28.4 Å². The molecule has 4 heteroatoms. The van der Waals surface area contributed by atoms with Gasteiger partial charge in [-0.1, -0.05) is 0 Å². The maximum Gasteiger partial charge on any atom is 0.122 e. The average Bonchev–Trinajstić information content (AvgIpc) is 2.65. The second kappa shape index (κ2) is 7.04. The Morgan fingerprint density at radius 1 is 0.583 bits per heavy atom. The zero-order valence-electron chi connectivity index (χ0n) is 16.6. The topological polar surface area (TPSA) is 36.9 Å². The van der Waals surface area contributed by atoms with Crippen LogP contribution in [-0.4, -0.2) is 28.4 Å². The number of hydrogen-bond donors (Lipinski definition) is 0. The van der Waals surface area contributed by atoms with Crippen molar-refractivity contribution in [2.45, 2.75) is 25.7 Å². The molecule has 0 unspecified atom stereocenters. The summed E-state index contributed by atoms with van der Waals surface area (Å²) in [6.07, 6.45) is 2.38. The molecule has 0 fully saturated rings. The number of benzene rings is 2. The molecule has 4 aliphatic rings. The van der Waals surface area contributed by atoms with Crippen molar-refractivity contribution in [3.8, 4) is 23.0 Å². The van der Waals surface area contributed by atoms with Gasteiger partial charge in [0.2, 0.25) is 0 Å². The van der Waals surface area contributed by atoms with Crippen LogP contribution in [0.5, 0.6) is 23.0 Å². The van der Waals surface area contributed by atoms with E-state index < -0.39 is 0 Å². The summed E-state index contributed by atoms with van der Waals surface area (Å²) in [5, 5.41) is 0. The highest BCUT2D eigenvalue weighted by Crippen LogP contribution is 2.36. The molecule has 0 heterocycles. The van der Waals surface area contributed by atoms with E-state index in [-0.39, 0.29) is 0 Å². The van der Waals surface area contributed by atoms with Gasteiger partial charge in [-0.25, -0.2) is 0 Å². The van der Waals surface area contributed by atoms with E-state index in [0.717, 1.165) is 22.6 Å². The number of aryl methyl sites for hydroxylation is 2. The van der Waals surface area contributed by atoms with Gasteiger partial charge in [-0.2, -0.15) is 0 Å². The predicted molar refractivity (Wildman–Crippen MR) is 93.9 cm³/mol. The Morgan fingerprint density at radius 2 is 0.917 bits per heavy atom. The highest BCUT2D eigenvalue weighted by Gasteiger charge is 2.17. The van der Waals surface area contributed by atoms with Gasteiger partial charge in [0.15, 0.2) is 0 Å². The Morgan fingerprint density at radius 3 is 1.25 bits per heavy atom. The Bertz CT molecular complexity index is 764. The highest BCUT2D eigenvalue weighted by atomic mass is 16.5. The zero-order chi connectivity index (χ0) is 18.8. The standard InChI is InChI=1S/C20H24O4/c1-21-17-9-14-7-8-16-12-19(23-3)15(11-20(16)24-4)6-5-13(17)10-18(14)22-2/h9-12H,5-8H2,1-4H3/i9D,10D. The molecule has 2 aromatic rings. The zero-order valence-corrected chi connectivity index (χ0v) is 14.6. The Labute approximate surface area is 146 Å². The van der Waals surface area contributed by atoms with Crippen molar-refractivity contribution >= 4 is 0 Å². The normalized spacial score (nSPS) is 14.3. The fourth-order valence-electron chi connectivity index (χ4n) is 3.17. The van der Waals surface area contributed by atoms with Crippen LogP contribution in [-0.2, 0) is 25.7 Å². The molecule has 0 saturated carbocycles. The van der Waals surface area contributed by atoms with E-state index >= 15 is 0 Å². The first-order valence-corrected chi connectivity index (χ1v) is 8.02. The van der Waals surface area contributed by atoms with Gasteiger partial charge in [0.05, 0.1) is 31.2 Å². The van der Waals surface area contributed by atoms with Crippen LogP contribution in [0.4, 0.5) is 0 Å². The largest absolute Gasteiger partial charge is 0.496 e. The lowest BCUT2D eigenvalue weighted by molar-refractivity contribution is 0.388. The molecule has 0 N–H and O–H groups in total. The molecule has 0 radical (unpaired) electrons. The van der Waals surface area contributed by atoms with E-state index in [4.69, 9.17) is 21.7 Å². The Kier molecular flexibility index (Phi) is 4.11. The first-order valence-electron chi connectivity index (χ1n) is 9.02. The molecule has 0 saturated heterocycles. The maximum absolute atomic E-state index is 8.57.